The second kappa shape index (κ2) is 7.71. The maximum Gasteiger partial charge on any atom is 0.254 e. The van der Waals surface area contributed by atoms with E-state index in [0.717, 1.165) is 11.1 Å². The predicted octanol–water partition coefficient (Wildman–Crippen LogP) is 1.84. The smallest absolute Gasteiger partial charge is 0.254 e. The van der Waals surface area contributed by atoms with E-state index < -0.39 is 6.04 Å². The summed E-state index contributed by atoms with van der Waals surface area (Å²) in [7, 11) is 0. The van der Waals surface area contributed by atoms with Crippen molar-refractivity contribution in [2.75, 3.05) is 32.7 Å². The first kappa shape index (κ1) is 19.4. The minimum Gasteiger partial charge on any atom is -0.337 e. The minimum atomic E-state index is -0.443. The van der Waals surface area contributed by atoms with Crippen LogP contribution >= 0.6 is 0 Å². The van der Waals surface area contributed by atoms with Gasteiger partial charge in [0.05, 0.1) is 6.54 Å². The van der Waals surface area contributed by atoms with E-state index in [2.05, 4.69) is 0 Å². The van der Waals surface area contributed by atoms with Gasteiger partial charge in [0.1, 0.15) is 6.04 Å². The number of aryl methyl sites for hydroxylation is 2. The van der Waals surface area contributed by atoms with Crippen LogP contribution in [0.25, 0.3) is 0 Å². The number of rotatable bonds is 3. The summed E-state index contributed by atoms with van der Waals surface area (Å²) in [5, 5.41) is 0. The van der Waals surface area contributed by atoms with Gasteiger partial charge in [-0.3, -0.25) is 14.4 Å². The van der Waals surface area contributed by atoms with Gasteiger partial charge in [-0.2, -0.15) is 0 Å². The normalized spacial score (nSPS) is 20.8. The van der Waals surface area contributed by atoms with Crippen molar-refractivity contribution in [2.24, 2.45) is 5.92 Å². The Hall–Kier alpha value is -2.37. The fraction of sp³-hybridized carbons (Fsp3) is 0.571. The predicted molar refractivity (Wildman–Crippen MR) is 103 cm³/mol. The number of nitrogens with zero attached hydrogens (tertiary/aromatic N) is 3. The molecular formula is C21H29N3O3. The van der Waals surface area contributed by atoms with Crippen molar-refractivity contribution in [1.82, 2.24) is 14.7 Å². The molecule has 2 aliphatic rings. The summed E-state index contributed by atoms with van der Waals surface area (Å²) in [5.41, 5.74) is 2.77. The summed E-state index contributed by atoms with van der Waals surface area (Å²) in [6, 6.07) is 5.37. The number of fused-ring (bicyclic) bond motifs is 1. The van der Waals surface area contributed by atoms with Crippen LogP contribution in [0, 0.1) is 19.8 Å². The first-order valence-corrected chi connectivity index (χ1v) is 9.72. The molecule has 6 nitrogen and oxygen atoms in total. The SMILES string of the molecule is Cc1ccc(C(=O)N2CCC3C(=O)N(CC(C)C)CC(=O)N3CC2)c(C)c1. The molecule has 27 heavy (non-hydrogen) atoms. The van der Waals surface area contributed by atoms with Gasteiger partial charge >= 0.3 is 0 Å². The third kappa shape index (κ3) is 3.99. The molecule has 0 radical (unpaired) electrons. The third-order valence-corrected chi connectivity index (χ3v) is 5.39. The molecule has 0 saturated carbocycles. The van der Waals surface area contributed by atoms with Gasteiger partial charge in [0.25, 0.3) is 5.91 Å². The fourth-order valence-electron chi connectivity index (χ4n) is 4.05. The van der Waals surface area contributed by atoms with E-state index in [-0.39, 0.29) is 24.3 Å². The molecule has 146 valence electrons. The molecule has 3 rings (SSSR count). The largest absolute Gasteiger partial charge is 0.337 e. The highest BCUT2D eigenvalue weighted by atomic mass is 16.2. The van der Waals surface area contributed by atoms with Crippen LogP contribution in [0.3, 0.4) is 0 Å². The topological polar surface area (TPSA) is 60.9 Å². The first-order chi connectivity index (χ1) is 12.8. The molecule has 3 amide bonds. The number of benzene rings is 1. The quantitative estimate of drug-likeness (QED) is 0.815. The van der Waals surface area contributed by atoms with Crippen LogP contribution in [0.4, 0.5) is 0 Å². The summed E-state index contributed by atoms with van der Waals surface area (Å²) in [6.45, 7) is 10.2. The fourth-order valence-corrected chi connectivity index (χ4v) is 4.05. The number of piperazine rings is 1. The maximum atomic E-state index is 13.0. The molecular weight excluding hydrogens is 342 g/mol. The standard InChI is InChI=1S/C21H29N3O3/c1-14(2)12-23-13-19(25)24-10-9-22(8-7-18(24)21(23)27)20(26)17-6-5-15(3)11-16(17)4/h5-6,11,14,18H,7-10,12-13H2,1-4H3. The number of carbonyl (C=O) groups is 3. The molecule has 0 N–H and O–H groups in total. The Labute approximate surface area is 161 Å². The van der Waals surface area contributed by atoms with Crippen molar-refractivity contribution in [3.05, 3.63) is 34.9 Å². The number of amides is 3. The lowest BCUT2D eigenvalue weighted by atomic mass is 10.0. The lowest BCUT2D eigenvalue weighted by Crippen LogP contribution is -2.60. The number of hydrogen-bond acceptors (Lipinski definition) is 3. The average molecular weight is 371 g/mol. The van der Waals surface area contributed by atoms with Gasteiger partial charge < -0.3 is 14.7 Å². The van der Waals surface area contributed by atoms with Crippen molar-refractivity contribution < 1.29 is 14.4 Å². The van der Waals surface area contributed by atoms with Gasteiger partial charge in [0.2, 0.25) is 11.8 Å². The highest BCUT2D eigenvalue weighted by molar-refractivity contribution is 5.97. The molecule has 0 bridgehead atoms. The van der Waals surface area contributed by atoms with Crippen LogP contribution < -0.4 is 0 Å². The first-order valence-electron chi connectivity index (χ1n) is 9.72. The van der Waals surface area contributed by atoms with E-state index in [9.17, 15) is 14.4 Å². The van der Waals surface area contributed by atoms with E-state index in [1.54, 1.807) is 14.7 Å². The molecule has 1 unspecified atom stereocenters. The Morgan fingerprint density at radius 3 is 2.56 bits per heavy atom. The molecule has 2 heterocycles. The van der Waals surface area contributed by atoms with Crippen LogP contribution in [-0.2, 0) is 9.59 Å². The molecule has 0 aliphatic carbocycles. The second-order valence-electron chi connectivity index (χ2n) is 8.11. The van der Waals surface area contributed by atoms with E-state index >= 15 is 0 Å². The van der Waals surface area contributed by atoms with Gasteiger partial charge in [-0.25, -0.2) is 0 Å². The zero-order valence-corrected chi connectivity index (χ0v) is 16.7. The zero-order chi connectivity index (χ0) is 19.7. The monoisotopic (exact) mass is 371 g/mol. The lowest BCUT2D eigenvalue weighted by molar-refractivity contribution is -0.156. The van der Waals surface area contributed by atoms with Gasteiger partial charge in [-0.15, -0.1) is 0 Å². The van der Waals surface area contributed by atoms with E-state index in [0.29, 0.717) is 44.1 Å². The Morgan fingerprint density at radius 1 is 1.15 bits per heavy atom. The molecule has 0 aromatic heterocycles. The molecule has 2 saturated heterocycles. The van der Waals surface area contributed by atoms with Gasteiger partial charge in [-0.1, -0.05) is 31.5 Å². The summed E-state index contributed by atoms with van der Waals surface area (Å²) < 4.78 is 0. The highest BCUT2D eigenvalue weighted by Gasteiger charge is 2.41. The number of carbonyl (C=O) groups excluding carboxylic acids is 3. The van der Waals surface area contributed by atoms with Gasteiger partial charge in [0.15, 0.2) is 0 Å². The molecule has 1 aromatic rings. The van der Waals surface area contributed by atoms with Crippen LogP contribution in [0.2, 0.25) is 0 Å². The van der Waals surface area contributed by atoms with Gasteiger partial charge in [0, 0.05) is 31.7 Å². The van der Waals surface area contributed by atoms with E-state index in [1.165, 1.54) is 0 Å². The van der Waals surface area contributed by atoms with Crippen LogP contribution in [-0.4, -0.2) is 71.2 Å². The van der Waals surface area contributed by atoms with Crippen LogP contribution in [0.1, 0.15) is 41.8 Å². The Bertz CT molecular complexity index is 759. The van der Waals surface area contributed by atoms with Crippen molar-refractivity contribution in [2.45, 2.75) is 40.2 Å². The van der Waals surface area contributed by atoms with Gasteiger partial charge in [-0.05, 0) is 37.8 Å². The summed E-state index contributed by atoms with van der Waals surface area (Å²) in [6.07, 6.45) is 0.496. The third-order valence-electron chi connectivity index (χ3n) is 5.39. The van der Waals surface area contributed by atoms with E-state index in [4.69, 9.17) is 0 Å². The molecule has 1 atom stereocenters. The highest BCUT2D eigenvalue weighted by Crippen LogP contribution is 2.22. The van der Waals surface area contributed by atoms with Crippen molar-refractivity contribution >= 4 is 17.7 Å². The molecule has 0 spiro atoms. The van der Waals surface area contributed by atoms with Crippen molar-refractivity contribution in [1.29, 1.82) is 0 Å². The Kier molecular flexibility index (Phi) is 5.53. The van der Waals surface area contributed by atoms with Crippen molar-refractivity contribution in [3.63, 3.8) is 0 Å². The Morgan fingerprint density at radius 2 is 1.89 bits per heavy atom. The van der Waals surface area contributed by atoms with Crippen molar-refractivity contribution in [3.8, 4) is 0 Å². The second-order valence-corrected chi connectivity index (χ2v) is 8.11. The molecule has 2 fully saturated rings. The molecule has 2 aliphatic heterocycles. The summed E-state index contributed by atoms with van der Waals surface area (Å²) in [4.78, 5) is 43.6. The molecule has 1 aromatic carbocycles. The van der Waals surface area contributed by atoms with Crippen LogP contribution in [0.15, 0.2) is 18.2 Å². The zero-order valence-electron chi connectivity index (χ0n) is 16.7. The average Bonchev–Trinajstić information content (AvgIpc) is 2.82. The summed E-state index contributed by atoms with van der Waals surface area (Å²) in [5.74, 6) is 0.304. The molecule has 6 heteroatoms. The Balaban J connectivity index is 1.75. The lowest BCUT2D eigenvalue weighted by Gasteiger charge is -2.39. The summed E-state index contributed by atoms with van der Waals surface area (Å²) >= 11 is 0. The van der Waals surface area contributed by atoms with E-state index in [1.807, 2.05) is 45.9 Å². The van der Waals surface area contributed by atoms with Crippen LogP contribution in [0.5, 0.6) is 0 Å². The number of hydrogen-bond donors (Lipinski definition) is 0. The maximum absolute atomic E-state index is 13.0. The minimum absolute atomic E-state index is 0.0129.